The summed E-state index contributed by atoms with van der Waals surface area (Å²) in [6.45, 7) is 0.437. The molecule has 1 amide bonds. The topological polar surface area (TPSA) is 77.6 Å². The summed E-state index contributed by atoms with van der Waals surface area (Å²) in [4.78, 5) is 14.6. The Hall–Kier alpha value is -3.74. The van der Waals surface area contributed by atoms with Crippen LogP contribution in [0.25, 0.3) is 11.3 Å². The average Bonchev–Trinajstić information content (AvgIpc) is 3.38. The van der Waals surface area contributed by atoms with Gasteiger partial charge in [-0.25, -0.2) is 0 Å². The van der Waals surface area contributed by atoms with Crippen LogP contribution in [0.4, 0.5) is 0 Å². The summed E-state index contributed by atoms with van der Waals surface area (Å²) in [5, 5.41) is 15.9. The van der Waals surface area contributed by atoms with E-state index in [1.54, 1.807) is 35.0 Å². The first-order valence-electron chi connectivity index (χ1n) is 9.00. The Bertz CT molecular complexity index is 1040. The zero-order chi connectivity index (χ0) is 19.3. The highest BCUT2D eigenvalue weighted by atomic mass is 16.2. The minimum Gasteiger partial charge on any atom is -0.342 e. The van der Waals surface area contributed by atoms with E-state index in [0.29, 0.717) is 12.2 Å². The number of aryl methyl sites for hydroxylation is 1. The van der Waals surface area contributed by atoms with Gasteiger partial charge in [-0.2, -0.15) is 20.1 Å². The lowest BCUT2D eigenvalue weighted by atomic mass is 10.1. The second kappa shape index (κ2) is 7.87. The maximum Gasteiger partial charge on any atom is 0.270 e. The molecule has 0 radical (unpaired) electrons. The van der Waals surface area contributed by atoms with Gasteiger partial charge in [0, 0.05) is 12.6 Å². The number of benzene rings is 2. The number of rotatable bonds is 6. The molecule has 7 heteroatoms. The first-order chi connectivity index (χ1) is 13.7. The Labute approximate surface area is 162 Å². The van der Waals surface area contributed by atoms with E-state index in [0.717, 1.165) is 16.8 Å². The largest absolute Gasteiger partial charge is 0.342 e. The average molecular weight is 372 g/mol. The molecule has 0 saturated carbocycles. The molecular formula is C21H20N6O. The predicted octanol–water partition coefficient (Wildman–Crippen LogP) is 2.85. The van der Waals surface area contributed by atoms with Gasteiger partial charge >= 0.3 is 0 Å². The smallest absolute Gasteiger partial charge is 0.270 e. The van der Waals surface area contributed by atoms with Crippen molar-refractivity contribution in [1.82, 2.24) is 30.1 Å². The van der Waals surface area contributed by atoms with E-state index in [-0.39, 0.29) is 11.9 Å². The molecule has 0 fully saturated rings. The quantitative estimate of drug-likeness (QED) is 0.565. The van der Waals surface area contributed by atoms with E-state index in [1.807, 2.05) is 60.7 Å². The van der Waals surface area contributed by atoms with Gasteiger partial charge in [0.25, 0.3) is 5.91 Å². The van der Waals surface area contributed by atoms with Gasteiger partial charge in [-0.1, -0.05) is 60.7 Å². The molecule has 1 atom stereocenters. The maximum absolute atomic E-state index is 13.0. The van der Waals surface area contributed by atoms with Crippen molar-refractivity contribution in [2.45, 2.75) is 12.6 Å². The molecule has 2 aromatic heterocycles. The molecule has 28 heavy (non-hydrogen) atoms. The second-order valence-electron chi connectivity index (χ2n) is 6.43. The van der Waals surface area contributed by atoms with E-state index in [1.165, 1.54) is 0 Å². The number of nitrogens with zero attached hydrogens (tertiary/aromatic N) is 5. The van der Waals surface area contributed by atoms with Crippen molar-refractivity contribution in [2.24, 2.45) is 7.05 Å². The standard InChI is InChI=1S/C21H20N6O/c1-26-20(14-18(25-26)16-8-4-2-5-9-16)21(28)24-19(15-27-22-12-13-23-27)17-10-6-3-7-11-17/h2-14,19H,15H2,1H3,(H,24,28). The maximum atomic E-state index is 13.0. The molecule has 2 heterocycles. The van der Waals surface area contributed by atoms with Crippen molar-refractivity contribution < 1.29 is 4.79 Å². The van der Waals surface area contributed by atoms with Crippen LogP contribution in [-0.2, 0) is 13.6 Å². The van der Waals surface area contributed by atoms with Crippen molar-refractivity contribution in [2.75, 3.05) is 0 Å². The summed E-state index contributed by atoms with van der Waals surface area (Å²) >= 11 is 0. The number of carbonyl (C=O) groups excluding carboxylic acids is 1. The zero-order valence-electron chi connectivity index (χ0n) is 15.4. The predicted molar refractivity (Wildman–Crippen MR) is 105 cm³/mol. The van der Waals surface area contributed by atoms with Crippen LogP contribution >= 0.6 is 0 Å². The molecule has 0 saturated heterocycles. The lowest BCUT2D eigenvalue weighted by Crippen LogP contribution is -2.33. The van der Waals surface area contributed by atoms with Crippen molar-refractivity contribution in [1.29, 1.82) is 0 Å². The van der Waals surface area contributed by atoms with Crippen molar-refractivity contribution in [3.8, 4) is 11.3 Å². The summed E-state index contributed by atoms with van der Waals surface area (Å²) in [5.41, 5.74) is 3.21. The van der Waals surface area contributed by atoms with Gasteiger partial charge in [-0.05, 0) is 11.6 Å². The number of hydrogen-bond acceptors (Lipinski definition) is 4. The van der Waals surface area contributed by atoms with Crippen LogP contribution < -0.4 is 5.32 Å². The van der Waals surface area contributed by atoms with Crippen LogP contribution in [0.5, 0.6) is 0 Å². The summed E-state index contributed by atoms with van der Waals surface area (Å²) in [6, 6.07) is 21.1. The Morgan fingerprint density at radius 3 is 2.32 bits per heavy atom. The zero-order valence-corrected chi connectivity index (χ0v) is 15.4. The van der Waals surface area contributed by atoms with Gasteiger partial charge in [-0.15, -0.1) is 0 Å². The molecule has 0 bridgehead atoms. The van der Waals surface area contributed by atoms with E-state index >= 15 is 0 Å². The molecule has 4 rings (SSSR count). The first-order valence-corrected chi connectivity index (χ1v) is 9.00. The highest BCUT2D eigenvalue weighted by molar-refractivity contribution is 5.94. The van der Waals surface area contributed by atoms with Gasteiger partial charge in [0.15, 0.2) is 0 Å². The molecular weight excluding hydrogens is 352 g/mol. The summed E-state index contributed by atoms with van der Waals surface area (Å²) in [6.07, 6.45) is 3.24. The Morgan fingerprint density at radius 1 is 1.00 bits per heavy atom. The fourth-order valence-corrected chi connectivity index (χ4v) is 3.08. The van der Waals surface area contributed by atoms with Crippen LogP contribution in [0.15, 0.2) is 79.1 Å². The number of amides is 1. The molecule has 0 spiro atoms. The third kappa shape index (κ3) is 3.83. The van der Waals surface area contributed by atoms with Crippen LogP contribution in [0.1, 0.15) is 22.1 Å². The number of hydrogen-bond donors (Lipinski definition) is 1. The highest BCUT2D eigenvalue weighted by Crippen LogP contribution is 2.20. The lowest BCUT2D eigenvalue weighted by Gasteiger charge is -2.18. The van der Waals surface area contributed by atoms with Gasteiger partial charge in [-0.3, -0.25) is 9.48 Å². The van der Waals surface area contributed by atoms with E-state index in [2.05, 4.69) is 20.6 Å². The number of nitrogens with one attached hydrogen (secondary N) is 1. The van der Waals surface area contributed by atoms with Crippen LogP contribution in [0, 0.1) is 0 Å². The Kier molecular flexibility index (Phi) is 4.97. The lowest BCUT2D eigenvalue weighted by molar-refractivity contribution is 0.0921. The second-order valence-corrected chi connectivity index (χ2v) is 6.43. The van der Waals surface area contributed by atoms with Crippen molar-refractivity contribution in [3.05, 3.63) is 90.4 Å². The summed E-state index contributed by atoms with van der Waals surface area (Å²) < 4.78 is 1.60. The molecule has 0 aliphatic heterocycles. The molecule has 0 aliphatic rings. The molecule has 1 N–H and O–H groups in total. The molecule has 1 unspecified atom stereocenters. The van der Waals surface area contributed by atoms with Crippen LogP contribution in [0.2, 0.25) is 0 Å². The SMILES string of the molecule is Cn1nc(-c2ccccc2)cc1C(=O)NC(Cn1nccn1)c1ccccc1. The van der Waals surface area contributed by atoms with Crippen LogP contribution in [-0.4, -0.2) is 30.7 Å². The van der Waals surface area contributed by atoms with E-state index in [4.69, 9.17) is 0 Å². The van der Waals surface area contributed by atoms with Gasteiger partial charge in [0.2, 0.25) is 0 Å². The minimum atomic E-state index is -0.267. The van der Waals surface area contributed by atoms with Gasteiger partial charge in [0.1, 0.15) is 5.69 Å². The normalized spacial score (nSPS) is 11.9. The molecule has 140 valence electrons. The molecule has 2 aromatic carbocycles. The van der Waals surface area contributed by atoms with Crippen molar-refractivity contribution >= 4 is 5.91 Å². The molecule has 0 aliphatic carbocycles. The third-order valence-electron chi connectivity index (χ3n) is 4.50. The van der Waals surface area contributed by atoms with Crippen molar-refractivity contribution in [3.63, 3.8) is 0 Å². The molecule has 4 aromatic rings. The first kappa shape index (κ1) is 17.7. The van der Waals surface area contributed by atoms with Gasteiger partial charge in [0.05, 0.1) is 30.7 Å². The van der Waals surface area contributed by atoms with E-state index in [9.17, 15) is 4.79 Å². The summed E-state index contributed by atoms with van der Waals surface area (Å²) in [5.74, 6) is -0.196. The minimum absolute atomic E-state index is 0.196. The fraction of sp³-hybridized carbons (Fsp3) is 0.143. The fourth-order valence-electron chi connectivity index (χ4n) is 3.08. The van der Waals surface area contributed by atoms with Gasteiger partial charge < -0.3 is 5.32 Å². The monoisotopic (exact) mass is 372 g/mol. The molecule has 7 nitrogen and oxygen atoms in total. The van der Waals surface area contributed by atoms with E-state index < -0.39 is 0 Å². The third-order valence-corrected chi connectivity index (χ3v) is 4.50. The Balaban J connectivity index is 1.58. The Morgan fingerprint density at radius 2 is 1.64 bits per heavy atom. The number of carbonyl (C=O) groups is 1. The number of aromatic nitrogens is 5. The summed E-state index contributed by atoms with van der Waals surface area (Å²) in [7, 11) is 1.77. The highest BCUT2D eigenvalue weighted by Gasteiger charge is 2.20. The van der Waals surface area contributed by atoms with Crippen LogP contribution in [0.3, 0.4) is 0 Å².